The largest absolute Gasteiger partial charge is 0.573 e. The molecule has 0 unspecified atom stereocenters. The minimum absolute atomic E-state index is 0.0270. The summed E-state index contributed by atoms with van der Waals surface area (Å²) in [4.78, 5) is 24.0. The van der Waals surface area contributed by atoms with Crippen molar-refractivity contribution < 1.29 is 36.3 Å². The van der Waals surface area contributed by atoms with E-state index in [-0.39, 0.29) is 16.6 Å². The van der Waals surface area contributed by atoms with E-state index in [1.807, 2.05) is 0 Å². The van der Waals surface area contributed by atoms with E-state index < -0.39 is 41.1 Å². The van der Waals surface area contributed by atoms with Crippen molar-refractivity contribution in [3.8, 4) is 5.75 Å². The lowest BCUT2D eigenvalue weighted by Gasteiger charge is -2.09. The molecule has 0 saturated heterocycles. The van der Waals surface area contributed by atoms with Crippen molar-refractivity contribution in [2.75, 3.05) is 16.4 Å². The highest BCUT2D eigenvalue weighted by molar-refractivity contribution is 8.01. The zero-order valence-electron chi connectivity index (χ0n) is 15.6. The summed E-state index contributed by atoms with van der Waals surface area (Å²) < 4.78 is 67.8. The van der Waals surface area contributed by atoms with Crippen LogP contribution >= 0.6 is 23.1 Å². The fraction of sp³-hybridized carbons (Fsp3) is 0.111. The topological polar surface area (TPSA) is 93.2 Å². The first-order chi connectivity index (χ1) is 15.1. The van der Waals surface area contributed by atoms with Gasteiger partial charge in [0.15, 0.2) is 4.34 Å². The predicted octanol–water partition coefficient (Wildman–Crippen LogP) is 4.70. The first kappa shape index (κ1) is 23.4. The molecule has 3 aromatic rings. The van der Waals surface area contributed by atoms with Gasteiger partial charge in [-0.3, -0.25) is 14.9 Å². The maximum atomic E-state index is 13.7. The van der Waals surface area contributed by atoms with Gasteiger partial charge in [0.2, 0.25) is 11.0 Å². The summed E-state index contributed by atoms with van der Waals surface area (Å²) in [6.45, 7) is 0. The zero-order valence-corrected chi connectivity index (χ0v) is 17.2. The van der Waals surface area contributed by atoms with E-state index in [1.54, 1.807) is 0 Å². The number of benzene rings is 2. The number of carbonyl (C=O) groups is 2. The van der Waals surface area contributed by atoms with Crippen molar-refractivity contribution in [3.05, 3.63) is 59.7 Å². The zero-order chi connectivity index (χ0) is 23.3. The molecule has 0 saturated carbocycles. The molecule has 168 valence electrons. The van der Waals surface area contributed by atoms with Gasteiger partial charge in [-0.2, -0.15) is 0 Å². The van der Waals surface area contributed by atoms with Crippen molar-refractivity contribution in [2.24, 2.45) is 0 Å². The Bertz CT molecular complexity index is 1100. The number of ether oxygens (including phenoxy) is 1. The summed E-state index contributed by atoms with van der Waals surface area (Å²) in [6.07, 6.45) is -4.81. The molecular weight excluding hydrogens is 479 g/mol. The first-order valence-electron chi connectivity index (χ1n) is 8.48. The van der Waals surface area contributed by atoms with Crippen LogP contribution in [0, 0.1) is 11.6 Å². The normalized spacial score (nSPS) is 11.2. The van der Waals surface area contributed by atoms with Crippen molar-refractivity contribution in [1.82, 2.24) is 10.2 Å². The van der Waals surface area contributed by atoms with E-state index in [4.69, 9.17) is 0 Å². The van der Waals surface area contributed by atoms with Crippen LogP contribution in [0.3, 0.4) is 0 Å². The van der Waals surface area contributed by atoms with Gasteiger partial charge in [-0.25, -0.2) is 8.78 Å². The van der Waals surface area contributed by atoms with E-state index >= 15 is 0 Å². The molecule has 0 spiro atoms. The molecule has 0 aliphatic rings. The monoisotopic (exact) mass is 490 g/mol. The highest BCUT2D eigenvalue weighted by Gasteiger charge is 2.31. The molecule has 2 aromatic carbocycles. The van der Waals surface area contributed by atoms with Crippen LogP contribution in [0.1, 0.15) is 10.4 Å². The summed E-state index contributed by atoms with van der Waals surface area (Å²) in [6, 6.07) is 7.58. The van der Waals surface area contributed by atoms with Crippen LogP contribution in [0.25, 0.3) is 0 Å². The molecule has 0 bridgehead atoms. The number of nitrogens with zero attached hydrogens (tertiary/aromatic N) is 2. The van der Waals surface area contributed by atoms with Gasteiger partial charge in [-0.1, -0.05) is 29.2 Å². The second-order valence-corrected chi connectivity index (χ2v) is 8.03. The number of nitrogens with one attached hydrogen (secondary N) is 2. The summed E-state index contributed by atoms with van der Waals surface area (Å²) >= 11 is 1.85. The lowest BCUT2D eigenvalue weighted by molar-refractivity contribution is -0.274. The molecule has 14 heteroatoms. The molecule has 32 heavy (non-hydrogen) atoms. The van der Waals surface area contributed by atoms with Gasteiger partial charge in [-0.15, -0.1) is 23.4 Å². The highest BCUT2D eigenvalue weighted by Crippen LogP contribution is 2.27. The molecule has 7 nitrogen and oxygen atoms in total. The van der Waals surface area contributed by atoms with Gasteiger partial charge in [-0.05, 0) is 36.4 Å². The Kier molecular flexibility index (Phi) is 7.25. The minimum Gasteiger partial charge on any atom is -0.406 e. The van der Waals surface area contributed by atoms with Crippen molar-refractivity contribution in [1.29, 1.82) is 0 Å². The van der Waals surface area contributed by atoms with E-state index in [0.717, 1.165) is 53.4 Å². The fourth-order valence-electron chi connectivity index (χ4n) is 2.26. The Morgan fingerprint density at radius 2 is 1.66 bits per heavy atom. The van der Waals surface area contributed by atoms with E-state index in [9.17, 15) is 31.5 Å². The number of thioether (sulfide) groups is 1. The molecule has 0 aliphatic carbocycles. The molecule has 0 radical (unpaired) electrons. The molecule has 3 rings (SSSR count). The molecular formula is C18H11F5N4O3S2. The number of anilines is 2. The smallest absolute Gasteiger partial charge is 0.406 e. The van der Waals surface area contributed by atoms with Crippen molar-refractivity contribution in [2.45, 2.75) is 10.7 Å². The van der Waals surface area contributed by atoms with Crippen LogP contribution in [-0.4, -0.2) is 34.1 Å². The number of hydrogen-bond donors (Lipinski definition) is 2. The minimum atomic E-state index is -4.81. The lowest BCUT2D eigenvalue weighted by atomic mass is 10.2. The van der Waals surface area contributed by atoms with Gasteiger partial charge in [0, 0.05) is 5.69 Å². The Balaban J connectivity index is 1.50. The van der Waals surface area contributed by atoms with Gasteiger partial charge in [0.1, 0.15) is 22.9 Å². The number of aromatic nitrogens is 2. The van der Waals surface area contributed by atoms with Crippen LogP contribution in [0.5, 0.6) is 5.75 Å². The van der Waals surface area contributed by atoms with Crippen LogP contribution in [-0.2, 0) is 4.79 Å². The van der Waals surface area contributed by atoms with E-state index in [0.29, 0.717) is 4.34 Å². The molecule has 1 heterocycles. The molecule has 1 aromatic heterocycles. The summed E-state index contributed by atoms with van der Waals surface area (Å²) in [5.74, 6) is -4.13. The molecule has 2 amide bonds. The average Bonchev–Trinajstić information content (AvgIpc) is 3.14. The summed E-state index contributed by atoms with van der Waals surface area (Å²) in [7, 11) is 0. The molecule has 0 fully saturated rings. The first-order valence-corrected chi connectivity index (χ1v) is 10.3. The van der Waals surface area contributed by atoms with Crippen molar-refractivity contribution >= 4 is 45.7 Å². The number of amides is 2. The Hall–Kier alpha value is -3.26. The van der Waals surface area contributed by atoms with Crippen LogP contribution < -0.4 is 15.4 Å². The summed E-state index contributed by atoms with van der Waals surface area (Å²) in [5.41, 5.74) is -0.509. The van der Waals surface area contributed by atoms with Gasteiger partial charge in [0.05, 0.1) is 5.75 Å². The van der Waals surface area contributed by atoms with E-state index in [1.165, 1.54) is 12.1 Å². The van der Waals surface area contributed by atoms with Crippen LogP contribution in [0.15, 0.2) is 46.8 Å². The third-order valence-electron chi connectivity index (χ3n) is 3.52. The number of rotatable bonds is 7. The quantitative estimate of drug-likeness (QED) is 0.283. The number of hydrogen-bond acceptors (Lipinski definition) is 7. The fourth-order valence-corrected chi connectivity index (χ4v) is 3.80. The van der Waals surface area contributed by atoms with Crippen molar-refractivity contribution in [3.63, 3.8) is 0 Å². The predicted molar refractivity (Wildman–Crippen MR) is 107 cm³/mol. The second-order valence-electron chi connectivity index (χ2n) is 5.83. The Labute approximate surface area is 185 Å². The molecule has 2 N–H and O–H groups in total. The number of halogens is 5. The SMILES string of the molecule is O=C(CSc1nnc(NC(=O)c2c(F)cccc2F)s1)Nc1ccc(OC(F)(F)F)cc1. The average molecular weight is 490 g/mol. The van der Waals surface area contributed by atoms with Gasteiger partial charge < -0.3 is 10.1 Å². The summed E-state index contributed by atoms with van der Waals surface area (Å²) in [5, 5.41) is 12.1. The maximum absolute atomic E-state index is 13.7. The van der Waals surface area contributed by atoms with Gasteiger partial charge in [0.25, 0.3) is 5.91 Å². The lowest BCUT2D eigenvalue weighted by Crippen LogP contribution is -2.17. The van der Waals surface area contributed by atoms with Crippen LogP contribution in [0.2, 0.25) is 0 Å². The van der Waals surface area contributed by atoms with Gasteiger partial charge >= 0.3 is 6.36 Å². The van der Waals surface area contributed by atoms with Crippen LogP contribution in [0.4, 0.5) is 32.8 Å². The second kappa shape index (κ2) is 9.91. The molecule has 0 atom stereocenters. The van der Waals surface area contributed by atoms with E-state index in [2.05, 4.69) is 25.6 Å². The Morgan fingerprint density at radius 1 is 1.00 bits per heavy atom. The maximum Gasteiger partial charge on any atom is 0.573 e. The molecule has 0 aliphatic heterocycles. The Morgan fingerprint density at radius 3 is 2.28 bits per heavy atom. The third-order valence-corrected chi connectivity index (χ3v) is 5.49. The highest BCUT2D eigenvalue weighted by atomic mass is 32.2. The number of alkyl halides is 3. The number of carbonyl (C=O) groups excluding carboxylic acids is 2. The third kappa shape index (κ3) is 6.62. The standard InChI is InChI=1S/C18H11F5N4O3S2/c19-11-2-1-3-12(20)14(11)15(29)25-16-26-27-17(32-16)31-8-13(28)24-9-4-6-10(7-5-9)30-18(21,22)23/h1-7H,8H2,(H,24,28)(H,25,26,29).